The van der Waals surface area contributed by atoms with E-state index in [1.54, 1.807) is 6.20 Å². The Labute approximate surface area is 108 Å². The Kier molecular flexibility index (Phi) is 3.28. The maximum absolute atomic E-state index is 5.83. The van der Waals surface area contributed by atoms with Crippen LogP contribution in [0.4, 0.5) is 17.2 Å². The Morgan fingerprint density at radius 2 is 2.06 bits per heavy atom. The Bertz CT molecular complexity index is 511. The first-order valence-corrected chi connectivity index (χ1v) is 5.98. The van der Waals surface area contributed by atoms with Crippen LogP contribution in [0.15, 0.2) is 36.5 Å². The number of hydrogen-bond acceptors (Lipinski definition) is 3. The van der Waals surface area contributed by atoms with Crippen molar-refractivity contribution in [2.45, 2.75) is 6.92 Å². The lowest BCUT2D eigenvalue weighted by Gasteiger charge is -2.08. The number of halogens is 1. The van der Waals surface area contributed by atoms with Gasteiger partial charge in [-0.2, -0.15) is 0 Å². The second-order valence-corrected chi connectivity index (χ2v) is 4.69. The number of rotatable bonds is 2. The molecule has 0 fully saturated rings. The van der Waals surface area contributed by atoms with Gasteiger partial charge in [0.15, 0.2) is 0 Å². The van der Waals surface area contributed by atoms with E-state index in [0.717, 1.165) is 26.3 Å². The summed E-state index contributed by atoms with van der Waals surface area (Å²) in [7, 11) is 0. The third-order valence-corrected chi connectivity index (χ3v) is 3.22. The van der Waals surface area contributed by atoms with Crippen LogP contribution in [0.25, 0.3) is 0 Å². The summed E-state index contributed by atoms with van der Waals surface area (Å²) >= 11 is 2.28. The van der Waals surface area contributed by atoms with Gasteiger partial charge in [0.25, 0.3) is 0 Å². The molecule has 2 rings (SSSR count). The summed E-state index contributed by atoms with van der Waals surface area (Å²) in [5, 5.41) is 3.24. The molecule has 0 bridgehead atoms. The van der Waals surface area contributed by atoms with Crippen LogP contribution in [0.5, 0.6) is 0 Å². The molecule has 82 valence electrons. The average Bonchev–Trinajstić information content (AvgIpc) is 2.27. The van der Waals surface area contributed by atoms with Crippen molar-refractivity contribution in [3.63, 3.8) is 0 Å². The number of pyridine rings is 1. The number of aromatic nitrogens is 1. The maximum atomic E-state index is 5.83. The van der Waals surface area contributed by atoms with E-state index in [-0.39, 0.29) is 0 Å². The van der Waals surface area contributed by atoms with Crippen molar-refractivity contribution < 1.29 is 0 Å². The van der Waals surface area contributed by atoms with E-state index in [4.69, 9.17) is 5.73 Å². The monoisotopic (exact) mass is 325 g/mol. The van der Waals surface area contributed by atoms with Gasteiger partial charge in [0.2, 0.25) is 0 Å². The number of nitrogen functional groups attached to an aromatic ring is 1. The average molecular weight is 325 g/mol. The molecule has 3 nitrogen and oxygen atoms in total. The van der Waals surface area contributed by atoms with Gasteiger partial charge in [0, 0.05) is 21.5 Å². The first-order chi connectivity index (χ1) is 7.66. The molecule has 4 heteroatoms. The van der Waals surface area contributed by atoms with E-state index < -0.39 is 0 Å². The number of nitrogens with one attached hydrogen (secondary N) is 1. The molecule has 0 unspecified atom stereocenters. The van der Waals surface area contributed by atoms with E-state index in [2.05, 4.69) is 32.9 Å². The second-order valence-electron chi connectivity index (χ2n) is 3.53. The minimum Gasteiger partial charge on any atom is -0.398 e. The van der Waals surface area contributed by atoms with E-state index >= 15 is 0 Å². The molecule has 0 aliphatic rings. The molecule has 1 heterocycles. The predicted octanol–water partition coefficient (Wildman–Crippen LogP) is 3.32. The fraction of sp³-hybridized carbons (Fsp3) is 0.0833. The van der Waals surface area contributed by atoms with E-state index in [1.165, 1.54) is 0 Å². The van der Waals surface area contributed by atoms with Crippen LogP contribution in [0.2, 0.25) is 0 Å². The van der Waals surface area contributed by atoms with Crippen molar-refractivity contribution in [2.24, 2.45) is 0 Å². The van der Waals surface area contributed by atoms with Crippen LogP contribution < -0.4 is 11.1 Å². The van der Waals surface area contributed by atoms with Gasteiger partial charge in [0.1, 0.15) is 5.82 Å². The van der Waals surface area contributed by atoms with Crippen LogP contribution in [0.3, 0.4) is 0 Å². The molecule has 16 heavy (non-hydrogen) atoms. The zero-order chi connectivity index (χ0) is 11.5. The highest BCUT2D eigenvalue weighted by molar-refractivity contribution is 14.1. The highest BCUT2D eigenvalue weighted by Crippen LogP contribution is 2.22. The molecule has 0 radical (unpaired) electrons. The molecule has 0 atom stereocenters. The van der Waals surface area contributed by atoms with E-state index in [9.17, 15) is 0 Å². The van der Waals surface area contributed by atoms with Crippen LogP contribution in [-0.4, -0.2) is 4.98 Å². The van der Waals surface area contributed by atoms with Crippen LogP contribution in [0, 0.1) is 10.5 Å². The Morgan fingerprint density at radius 1 is 1.31 bits per heavy atom. The van der Waals surface area contributed by atoms with Crippen molar-refractivity contribution >= 4 is 39.8 Å². The smallest absolute Gasteiger partial charge is 0.132 e. The minimum absolute atomic E-state index is 0.753. The molecule has 0 aliphatic heterocycles. The van der Waals surface area contributed by atoms with E-state index in [1.807, 2.05) is 37.3 Å². The fourth-order valence-electron chi connectivity index (χ4n) is 1.31. The number of nitrogens with two attached hydrogens (primary N) is 1. The van der Waals surface area contributed by atoms with Crippen molar-refractivity contribution in [1.29, 1.82) is 0 Å². The number of hydrogen-bond donors (Lipinski definition) is 2. The summed E-state index contributed by atoms with van der Waals surface area (Å²) in [5.74, 6) is 0.771. The molecule has 0 spiro atoms. The van der Waals surface area contributed by atoms with Crippen LogP contribution >= 0.6 is 22.6 Å². The van der Waals surface area contributed by atoms with Crippen molar-refractivity contribution in [3.05, 3.63) is 45.7 Å². The van der Waals surface area contributed by atoms with Crippen molar-refractivity contribution in [2.75, 3.05) is 11.1 Å². The van der Waals surface area contributed by atoms with Gasteiger partial charge in [-0.3, -0.25) is 0 Å². The zero-order valence-electron chi connectivity index (χ0n) is 8.87. The minimum atomic E-state index is 0.753. The maximum Gasteiger partial charge on any atom is 0.132 e. The Hall–Kier alpha value is -1.30. The molecule has 1 aromatic heterocycles. The summed E-state index contributed by atoms with van der Waals surface area (Å²) in [6.07, 6.45) is 1.77. The third-order valence-electron chi connectivity index (χ3n) is 2.28. The normalized spacial score (nSPS) is 10.1. The van der Waals surface area contributed by atoms with Gasteiger partial charge in [-0.15, -0.1) is 0 Å². The Morgan fingerprint density at radius 3 is 2.75 bits per heavy atom. The topological polar surface area (TPSA) is 50.9 Å². The summed E-state index contributed by atoms with van der Waals surface area (Å²) in [4.78, 5) is 4.28. The van der Waals surface area contributed by atoms with Gasteiger partial charge in [-0.25, -0.2) is 4.98 Å². The first-order valence-electron chi connectivity index (χ1n) is 4.90. The highest BCUT2D eigenvalue weighted by Gasteiger charge is 2.01. The van der Waals surface area contributed by atoms with Crippen LogP contribution in [0.1, 0.15) is 5.56 Å². The summed E-state index contributed by atoms with van der Waals surface area (Å²) in [6.45, 7) is 1.94. The quantitative estimate of drug-likeness (QED) is 0.833. The molecule has 0 amide bonds. The standard InChI is InChI=1S/C12H12IN3/c1-8-7-15-12(6-10(8)14)16-11-5-3-2-4-9(11)13/h2-7H,1H3,(H3,14,15,16). The van der Waals surface area contributed by atoms with Gasteiger partial charge in [-0.1, -0.05) is 12.1 Å². The van der Waals surface area contributed by atoms with Crippen molar-refractivity contribution in [1.82, 2.24) is 4.98 Å². The summed E-state index contributed by atoms with van der Waals surface area (Å²) in [6, 6.07) is 9.89. The summed E-state index contributed by atoms with van der Waals surface area (Å²) in [5.41, 5.74) is 8.62. The highest BCUT2D eigenvalue weighted by atomic mass is 127. The number of para-hydroxylation sites is 1. The molecule has 3 N–H and O–H groups in total. The number of benzene rings is 1. The number of nitrogens with zero attached hydrogens (tertiary/aromatic N) is 1. The van der Waals surface area contributed by atoms with E-state index in [0.29, 0.717) is 0 Å². The SMILES string of the molecule is Cc1cnc(Nc2ccccc2I)cc1N. The molecular formula is C12H12IN3. The lowest BCUT2D eigenvalue weighted by molar-refractivity contribution is 1.26. The van der Waals surface area contributed by atoms with Gasteiger partial charge in [-0.05, 0) is 47.2 Å². The molecule has 1 aromatic carbocycles. The molecule has 0 saturated carbocycles. The predicted molar refractivity (Wildman–Crippen MR) is 75.8 cm³/mol. The molecule has 0 saturated heterocycles. The van der Waals surface area contributed by atoms with Gasteiger partial charge in [0.05, 0.1) is 5.69 Å². The molecular weight excluding hydrogens is 313 g/mol. The van der Waals surface area contributed by atoms with Crippen molar-refractivity contribution in [3.8, 4) is 0 Å². The number of anilines is 3. The number of aryl methyl sites for hydroxylation is 1. The molecule has 2 aromatic rings. The third kappa shape index (κ3) is 2.44. The van der Waals surface area contributed by atoms with Crippen LogP contribution in [-0.2, 0) is 0 Å². The zero-order valence-corrected chi connectivity index (χ0v) is 11.0. The molecule has 0 aliphatic carbocycles. The second kappa shape index (κ2) is 4.69. The summed E-state index contributed by atoms with van der Waals surface area (Å²) < 4.78 is 1.15. The lowest BCUT2D eigenvalue weighted by atomic mass is 10.2. The Balaban J connectivity index is 2.28. The van der Waals surface area contributed by atoms with Gasteiger partial charge >= 0.3 is 0 Å². The largest absolute Gasteiger partial charge is 0.398 e. The lowest BCUT2D eigenvalue weighted by Crippen LogP contribution is -1.98. The fourth-order valence-corrected chi connectivity index (χ4v) is 1.83. The first kappa shape index (κ1) is 11.2. The van der Waals surface area contributed by atoms with Gasteiger partial charge < -0.3 is 11.1 Å².